The summed E-state index contributed by atoms with van der Waals surface area (Å²) in [6, 6.07) is 10.5. The lowest BCUT2D eigenvalue weighted by atomic mass is 9.81. The maximum absolute atomic E-state index is 11.8. The van der Waals surface area contributed by atoms with Gasteiger partial charge in [-0.05, 0) is 57.9 Å². The molecule has 0 heterocycles. The topological polar surface area (TPSA) is 65.4 Å². The Bertz CT molecular complexity index is 552. The highest BCUT2D eigenvalue weighted by atomic mass is 16.6. The highest BCUT2D eigenvalue weighted by molar-refractivity contribution is 5.67. The highest BCUT2D eigenvalue weighted by Crippen LogP contribution is 2.34. The lowest BCUT2D eigenvalue weighted by Crippen LogP contribution is -2.48. The molecule has 0 bridgehead atoms. The highest BCUT2D eigenvalue weighted by Gasteiger charge is 2.28. The van der Waals surface area contributed by atoms with E-state index in [9.17, 15) is 10.1 Å². The number of hydrogen-bond donors (Lipinski definition) is 1. The normalized spacial score (nSPS) is 21.1. The Morgan fingerprint density at radius 2 is 1.83 bits per heavy atom. The van der Waals surface area contributed by atoms with Crippen molar-refractivity contribution in [3.05, 3.63) is 35.9 Å². The van der Waals surface area contributed by atoms with Crippen LogP contribution in [0.15, 0.2) is 30.3 Å². The van der Waals surface area contributed by atoms with Crippen LogP contribution in [0.3, 0.4) is 0 Å². The average Bonchev–Trinajstić information content (AvgIpc) is 2.52. The molecule has 0 saturated heterocycles. The van der Waals surface area contributed by atoms with Crippen molar-refractivity contribution in [2.45, 2.75) is 64.0 Å². The molecule has 0 spiro atoms. The summed E-state index contributed by atoms with van der Waals surface area (Å²) in [4.78, 5) is 11.8. The van der Waals surface area contributed by atoms with Crippen LogP contribution in [-0.2, 0) is 4.74 Å². The van der Waals surface area contributed by atoms with Crippen LogP contribution in [0.2, 0.25) is 0 Å². The summed E-state index contributed by atoms with van der Waals surface area (Å²) >= 11 is 0. The van der Waals surface area contributed by atoms with Crippen molar-refractivity contribution in [1.82, 2.24) is 10.4 Å². The van der Waals surface area contributed by atoms with Crippen molar-refractivity contribution < 1.29 is 9.53 Å². The number of ether oxygens (including phenoxy) is 1. The van der Waals surface area contributed by atoms with E-state index in [4.69, 9.17) is 4.74 Å². The van der Waals surface area contributed by atoms with Crippen molar-refractivity contribution >= 4 is 6.09 Å². The second-order valence-corrected chi connectivity index (χ2v) is 7.00. The number of hydrogen-bond acceptors (Lipinski definition) is 4. The van der Waals surface area contributed by atoms with Gasteiger partial charge in [-0.2, -0.15) is 5.26 Å². The molecule has 0 unspecified atom stereocenters. The molecule has 5 nitrogen and oxygen atoms in total. The monoisotopic (exact) mass is 315 g/mol. The largest absolute Gasteiger partial charge is 0.443 e. The molecule has 1 aromatic rings. The average molecular weight is 315 g/mol. The predicted octanol–water partition coefficient (Wildman–Crippen LogP) is 3.94. The first-order chi connectivity index (χ1) is 10.9. The molecule has 0 atom stereocenters. The number of hydrazine groups is 1. The SMILES string of the molecule is CC(C)(C)OC(=O)NN(C#N)C1CCC(c2ccccc2)CC1. The zero-order valence-corrected chi connectivity index (χ0v) is 14.1. The van der Waals surface area contributed by atoms with Crippen LogP contribution in [0.25, 0.3) is 0 Å². The second-order valence-electron chi connectivity index (χ2n) is 7.00. The van der Waals surface area contributed by atoms with E-state index < -0.39 is 11.7 Å². The molecule has 5 heteroatoms. The third kappa shape index (κ3) is 5.17. The first-order valence-electron chi connectivity index (χ1n) is 8.12. The molecule has 23 heavy (non-hydrogen) atoms. The third-order valence-electron chi connectivity index (χ3n) is 4.05. The Hall–Kier alpha value is -2.22. The lowest BCUT2D eigenvalue weighted by Gasteiger charge is -2.34. The minimum atomic E-state index is -0.579. The van der Waals surface area contributed by atoms with E-state index in [1.165, 1.54) is 10.6 Å². The molecule has 0 aromatic heterocycles. The number of benzene rings is 1. The first kappa shape index (κ1) is 17.1. The molecule has 1 aromatic carbocycles. The van der Waals surface area contributed by atoms with Crippen molar-refractivity contribution in [3.8, 4) is 6.19 Å². The number of carbonyl (C=O) groups is 1. The number of rotatable bonds is 3. The van der Waals surface area contributed by atoms with E-state index in [0.29, 0.717) is 5.92 Å². The van der Waals surface area contributed by atoms with E-state index in [1.54, 1.807) is 20.8 Å². The summed E-state index contributed by atoms with van der Waals surface area (Å²) < 4.78 is 5.21. The fourth-order valence-corrected chi connectivity index (χ4v) is 2.99. The van der Waals surface area contributed by atoms with Gasteiger partial charge in [0.15, 0.2) is 6.19 Å². The van der Waals surface area contributed by atoms with E-state index in [-0.39, 0.29) is 6.04 Å². The van der Waals surface area contributed by atoms with Crippen LogP contribution < -0.4 is 5.43 Å². The van der Waals surface area contributed by atoms with Crippen LogP contribution in [0.1, 0.15) is 57.9 Å². The fourth-order valence-electron chi connectivity index (χ4n) is 2.99. The van der Waals surface area contributed by atoms with E-state index in [1.807, 2.05) is 6.07 Å². The Kier molecular flexibility index (Phi) is 5.49. The van der Waals surface area contributed by atoms with Crippen molar-refractivity contribution in [1.29, 1.82) is 5.26 Å². The van der Waals surface area contributed by atoms with Crippen molar-refractivity contribution in [2.75, 3.05) is 0 Å². The molecule has 1 saturated carbocycles. The molecule has 0 radical (unpaired) electrons. The molecule has 0 aliphatic heterocycles. The van der Waals surface area contributed by atoms with Crippen LogP contribution in [0, 0.1) is 11.5 Å². The third-order valence-corrected chi connectivity index (χ3v) is 4.05. The molecular formula is C18H25N3O2. The molecule has 1 aliphatic carbocycles. The Morgan fingerprint density at radius 1 is 1.22 bits per heavy atom. The number of nitriles is 1. The van der Waals surface area contributed by atoms with Crippen molar-refractivity contribution in [3.63, 3.8) is 0 Å². The molecule has 1 N–H and O–H groups in total. The van der Waals surface area contributed by atoms with Gasteiger partial charge < -0.3 is 4.74 Å². The van der Waals surface area contributed by atoms with E-state index >= 15 is 0 Å². The number of nitrogens with one attached hydrogen (secondary N) is 1. The van der Waals surface area contributed by atoms with Gasteiger partial charge in [-0.3, -0.25) is 0 Å². The maximum atomic E-state index is 11.8. The first-order valence-corrected chi connectivity index (χ1v) is 8.12. The molecule has 1 fully saturated rings. The van der Waals surface area contributed by atoms with Gasteiger partial charge in [0.05, 0.1) is 6.04 Å². The summed E-state index contributed by atoms with van der Waals surface area (Å²) in [6.45, 7) is 5.40. The van der Waals surface area contributed by atoms with Gasteiger partial charge in [0.1, 0.15) is 5.60 Å². The Balaban J connectivity index is 1.87. The van der Waals surface area contributed by atoms with Gasteiger partial charge in [0.25, 0.3) is 0 Å². The summed E-state index contributed by atoms with van der Waals surface area (Å²) in [7, 11) is 0. The lowest BCUT2D eigenvalue weighted by molar-refractivity contribution is 0.0328. The van der Waals surface area contributed by atoms with E-state index in [0.717, 1.165) is 25.7 Å². The molecule has 2 rings (SSSR count). The van der Waals surface area contributed by atoms with Gasteiger partial charge in [-0.25, -0.2) is 15.2 Å². The Labute approximate surface area is 138 Å². The number of amides is 1. The summed E-state index contributed by atoms with van der Waals surface area (Å²) in [5, 5.41) is 10.7. The van der Waals surface area contributed by atoms with Crippen LogP contribution in [-0.4, -0.2) is 22.7 Å². The Morgan fingerprint density at radius 3 is 2.35 bits per heavy atom. The zero-order valence-electron chi connectivity index (χ0n) is 14.1. The van der Waals surface area contributed by atoms with Gasteiger partial charge in [-0.1, -0.05) is 30.3 Å². The minimum absolute atomic E-state index is 0.0347. The van der Waals surface area contributed by atoms with Crippen LogP contribution in [0.5, 0.6) is 0 Å². The molecule has 124 valence electrons. The molecule has 1 amide bonds. The van der Waals surface area contributed by atoms with Crippen LogP contribution >= 0.6 is 0 Å². The zero-order chi connectivity index (χ0) is 16.9. The molecular weight excluding hydrogens is 290 g/mol. The van der Waals surface area contributed by atoms with Crippen molar-refractivity contribution in [2.24, 2.45) is 0 Å². The number of nitrogens with zero attached hydrogens (tertiary/aromatic N) is 2. The quantitative estimate of drug-likeness (QED) is 0.521. The van der Waals surface area contributed by atoms with Gasteiger partial charge >= 0.3 is 6.09 Å². The minimum Gasteiger partial charge on any atom is -0.443 e. The summed E-state index contributed by atoms with van der Waals surface area (Å²) in [5.74, 6) is 0.537. The van der Waals surface area contributed by atoms with Crippen LogP contribution in [0.4, 0.5) is 4.79 Å². The second kappa shape index (κ2) is 7.36. The standard InChI is InChI=1S/C18H25N3O2/c1-18(2,3)23-17(22)20-21(13-19)16-11-9-15(10-12-16)14-7-5-4-6-8-14/h4-8,15-16H,9-12H2,1-3H3,(H,20,22). The van der Waals surface area contributed by atoms with E-state index in [2.05, 4.69) is 35.9 Å². The summed E-state index contributed by atoms with van der Waals surface area (Å²) in [5.41, 5.74) is 3.34. The maximum Gasteiger partial charge on any atom is 0.427 e. The molecule has 1 aliphatic rings. The van der Waals surface area contributed by atoms with Gasteiger partial charge in [0.2, 0.25) is 0 Å². The summed E-state index contributed by atoms with van der Waals surface area (Å²) in [6.07, 6.45) is 5.27. The smallest absolute Gasteiger partial charge is 0.427 e. The van der Waals surface area contributed by atoms with Gasteiger partial charge in [0, 0.05) is 0 Å². The fraction of sp³-hybridized carbons (Fsp3) is 0.556. The number of carbonyl (C=O) groups excluding carboxylic acids is 1. The van der Waals surface area contributed by atoms with Gasteiger partial charge in [-0.15, -0.1) is 0 Å². The predicted molar refractivity (Wildman–Crippen MR) is 88.3 cm³/mol.